The summed E-state index contributed by atoms with van der Waals surface area (Å²) in [6, 6.07) is 23.5. The van der Waals surface area contributed by atoms with Crippen LogP contribution < -0.4 is 10.1 Å². The predicted octanol–water partition coefficient (Wildman–Crippen LogP) is 5.11. The molecule has 1 unspecified atom stereocenters. The fourth-order valence-electron chi connectivity index (χ4n) is 3.19. The number of nitrogens with zero attached hydrogens (tertiary/aromatic N) is 2. The Kier molecular flexibility index (Phi) is 6.29. The van der Waals surface area contributed by atoms with Crippen LogP contribution in [0.3, 0.4) is 0 Å². The van der Waals surface area contributed by atoms with Crippen LogP contribution in [0.25, 0.3) is 11.4 Å². The monoisotopic (exact) mass is 433 g/mol. The Morgan fingerprint density at radius 1 is 1.06 bits per heavy atom. The number of carbonyl (C=O) groups excluding carboxylic acids is 1. The summed E-state index contributed by atoms with van der Waals surface area (Å²) in [6.07, 6.45) is 0.483. The molecule has 0 radical (unpaired) electrons. The van der Waals surface area contributed by atoms with Gasteiger partial charge in [-0.3, -0.25) is 4.79 Å². The summed E-state index contributed by atoms with van der Waals surface area (Å²) >= 11 is 6.20. The first kappa shape index (κ1) is 20.6. The molecule has 1 aromatic heterocycles. The average Bonchev–Trinajstić information content (AvgIpc) is 3.30. The highest BCUT2D eigenvalue weighted by Gasteiger charge is 2.24. The fourth-order valence-corrected chi connectivity index (χ4v) is 3.41. The molecule has 1 N–H and O–H groups in total. The summed E-state index contributed by atoms with van der Waals surface area (Å²) in [5.41, 5.74) is 2.16. The minimum Gasteiger partial charge on any atom is -0.497 e. The van der Waals surface area contributed by atoms with Gasteiger partial charge >= 0.3 is 0 Å². The summed E-state index contributed by atoms with van der Waals surface area (Å²) < 4.78 is 10.8. The number of methoxy groups -OCH3 is 1. The maximum Gasteiger partial charge on any atom is 0.253 e. The average molecular weight is 434 g/mol. The van der Waals surface area contributed by atoms with E-state index in [-0.39, 0.29) is 5.91 Å². The number of ether oxygens (including phenoxy) is 1. The van der Waals surface area contributed by atoms with Crippen molar-refractivity contribution in [2.45, 2.75) is 12.5 Å². The molecule has 0 aliphatic rings. The minimum atomic E-state index is -0.530. The second kappa shape index (κ2) is 9.45. The molecule has 0 saturated carbocycles. The molecule has 1 atom stereocenters. The summed E-state index contributed by atoms with van der Waals surface area (Å²) in [5, 5.41) is 7.46. The lowest BCUT2D eigenvalue weighted by Crippen LogP contribution is -2.30. The van der Waals surface area contributed by atoms with Crippen LogP contribution in [0.4, 0.5) is 0 Å². The number of amides is 1. The van der Waals surface area contributed by atoms with Crippen LogP contribution in [0, 0.1) is 0 Å². The SMILES string of the molecule is COc1cccc(-c2noc(C(Cc3ccccc3)NC(=O)c3ccccc3Cl)n2)c1. The van der Waals surface area contributed by atoms with Crippen molar-refractivity contribution in [2.75, 3.05) is 7.11 Å². The Bertz CT molecular complexity index is 1180. The maximum atomic E-state index is 12.9. The lowest BCUT2D eigenvalue weighted by atomic mass is 10.1. The molecular weight excluding hydrogens is 414 g/mol. The second-order valence-electron chi connectivity index (χ2n) is 6.88. The number of hydrogen-bond donors (Lipinski definition) is 1. The van der Waals surface area contributed by atoms with E-state index in [4.69, 9.17) is 20.9 Å². The van der Waals surface area contributed by atoms with E-state index >= 15 is 0 Å². The third kappa shape index (κ3) is 4.92. The van der Waals surface area contributed by atoms with Gasteiger partial charge in [-0.05, 0) is 29.8 Å². The number of halogens is 1. The first-order valence-electron chi connectivity index (χ1n) is 9.71. The van der Waals surface area contributed by atoms with Crippen molar-refractivity contribution in [1.29, 1.82) is 0 Å². The van der Waals surface area contributed by atoms with Crippen LogP contribution in [0.5, 0.6) is 5.75 Å². The van der Waals surface area contributed by atoms with Crippen molar-refractivity contribution in [3.05, 3.63) is 101 Å². The molecule has 31 heavy (non-hydrogen) atoms. The highest BCUT2D eigenvalue weighted by atomic mass is 35.5. The number of benzene rings is 3. The molecule has 0 fully saturated rings. The van der Waals surface area contributed by atoms with E-state index in [9.17, 15) is 4.79 Å². The van der Waals surface area contributed by atoms with Crippen LogP contribution in [0.15, 0.2) is 83.4 Å². The van der Waals surface area contributed by atoms with Gasteiger partial charge in [0.15, 0.2) is 0 Å². The second-order valence-corrected chi connectivity index (χ2v) is 7.29. The zero-order chi connectivity index (χ0) is 21.6. The van der Waals surface area contributed by atoms with E-state index in [2.05, 4.69) is 15.5 Å². The predicted molar refractivity (Wildman–Crippen MR) is 118 cm³/mol. The summed E-state index contributed by atoms with van der Waals surface area (Å²) in [6.45, 7) is 0. The molecule has 0 saturated heterocycles. The molecule has 3 aromatic carbocycles. The Labute approximate surface area is 184 Å². The Balaban J connectivity index is 1.63. The van der Waals surface area contributed by atoms with Crippen LogP contribution >= 0.6 is 11.6 Å². The summed E-state index contributed by atoms with van der Waals surface area (Å²) in [5.74, 6) is 1.10. The molecular formula is C24H20ClN3O3. The van der Waals surface area contributed by atoms with Gasteiger partial charge in [0.25, 0.3) is 5.91 Å². The first-order valence-corrected chi connectivity index (χ1v) is 10.1. The maximum absolute atomic E-state index is 12.9. The van der Waals surface area contributed by atoms with E-state index in [0.717, 1.165) is 11.1 Å². The van der Waals surface area contributed by atoms with Crippen molar-refractivity contribution in [3.8, 4) is 17.1 Å². The number of rotatable bonds is 7. The number of hydrogen-bond acceptors (Lipinski definition) is 5. The molecule has 0 aliphatic heterocycles. The quantitative estimate of drug-likeness (QED) is 0.438. The number of carbonyl (C=O) groups is 1. The molecule has 0 aliphatic carbocycles. The van der Waals surface area contributed by atoms with Gasteiger partial charge in [-0.1, -0.05) is 71.4 Å². The molecule has 7 heteroatoms. The Hall–Kier alpha value is -3.64. The van der Waals surface area contributed by atoms with Gasteiger partial charge < -0.3 is 14.6 Å². The largest absolute Gasteiger partial charge is 0.497 e. The van der Waals surface area contributed by atoms with Gasteiger partial charge in [0.05, 0.1) is 17.7 Å². The van der Waals surface area contributed by atoms with E-state index < -0.39 is 6.04 Å². The van der Waals surface area contributed by atoms with Gasteiger partial charge in [0.1, 0.15) is 11.8 Å². The van der Waals surface area contributed by atoms with E-state index in [1.165, 1.54) is 0 Å². The third-order valence-corrected chi connectivity index (χ3v) is 5.10. The van der Waals surface area contributed by atoms with E-state index in [1.54, 1.807) is 31.4 Å². The van der Waals surface area contributed by atoms with Crippen molar-refractivity contribution in [2.24, 2.45) is 0 Å². The van der Waals surface area contributed by atoms with Crippen LogP contribution in [0.1, 0.15) is 27.9 Å². The van der Waals surface area contributed by atoms with E-state index in [1.807, 2.05) is 54.6 Å². The van der Waals surface area contributed by atoms with Gasteiger partial charge in [0, 0.05) is 12.0 Å². The lowest BCUT2D eigenvalue weighted by Gasteiger charge is -2.16. The van der Waals surface area contributed by atoms with Gasteiger partial charge in [-0.15, -0.1) is 0 Å². The minimum absolute atomic E-state index is 0.307. The van der Waals surface area contributed by atoms with Crippen molar-refractivity contribution in [1.82, 2.24) is 15.5 Å². The number of aromatic nitrogens is 2. The Morgan fingerprint density at radius 3 is 2.61 bits per heavy atom. The summed E-state index contributed by atoms with van der Waals surface area (Å²) in [4.78, 5) is 17.4. The lowest BCUT2D eigenvalue weighted by molar-refractivity contribution is 0.0928. The van der Waals surface area contributed by atoms with Crippen LogP contribution in [0.2, 0.25) is 5.02 Å². The van der Waals surface area contributed by atoms with Crippen LogP contribution in [-0.2, 0) is 6.42 Å². The van der Waals surface area contributed by atoms with Gasteiger partial charge in [0.2, 0.25) is 11.7 Å². The molecule has 1 heterocycles. The topological polar surface area (TPSA) is 77.3 Å². The third-order valence-electron chi connectivity index (χ3n) is 4.77. The zero-order valence-electron chi connectivity index (χ0n) is 16.8. The molecule has 0 bridgehead atoms. The van der Waals surface area contributed by atoms with Crippen LogP contribution in [-0.4, -0.2) is 23.2 Å². The zero-order valence-corrected chi connectivity index (χ0v) is 17.5. The normalized spacial score (nSPS) is 11.7. The molecule has 1 amide bonds. The smallest absolute Gasteiger partial charge is 0.253 e. The Morgan fingerprint density at radius 2 is 1.84 bits per heavy atom. The fraction of sp³-hybridized carbons (Fsp3) is 0.125. The van der Waals surface area contributed by atoms with Gasteiger partial charge in [-0.2, -0.15) is 4.98 Å². The van der Waals surface area contributed by atoms with Gasteiger partial charge in [-0.25, -0.2) is 0 Å². The molecule has 0 spiro atoms. The highest BCUT2D eigenvalue weighted by Crippen LogP contribution is 2.25. The molecule has 156 valence electrons. The highest BCUT2D eigenvalue weighted by molar-refractivity contribution is 6.33. The van der Waals surface area contributed by atoms with Crippen molar-refractivity contribution >= 4 is 17.5 Å². The molecule has 4 aromatic rings. The van der Waals surface area contributed by atoms with Crippen molar-refractivity contribution < 1.29 is 14.1 Å². The summed E-state index contributed by atoms with van der Waals surface area (Å²) in [7, 11) is 1.60. The standard InChI is InChI=1S/C24H20ClN3O3/c1-30-18-11-7-10-17(15-18)22-27-24(31-28-22)21(14-16-8-3-2-4-9-16)26-23(29)19-12-5-6-13-20(19)25/h2-13,15,21H,14H2,1H3,(H,26,29). The first-order chi connectivity index (χ1) is 15.1. The number of nitrogens with one attached hydrogen (secondary N) is 1. The van der Waals surface area contributed by atoms with Crippen molar-refractivity contribution in [3.63, 3.8) is 0 Å². The van der Waals surface area contributed by atoms with E-state index in [0.29, 0.717) is 34.5 Å². The molecule has 4 rings (SSSR count). The molecule has 6 nitrogen and oxygen atoms in total.